The first kappa shape index (κ1) is 18.8. The van der Waals surface area contributed by atoms with Crippen LogP contribution in [0.25, 0.3) is 0 Å². The predicted molar refractivity (Wildman–Crippen MR) is 86.8 cm³/mol. The quantitative estimate of drug-likeness (QED) is 0.418. The Kier molecular flexibility index (Phi) is 6.84. The number of hydrogen-bond donors (Lipinski definition) is 3. The summed E-state index contributed by atoms with van der Waals surface area (Å²) < 4.78 is 10.8. The fourth-order valence-electron chi connectivity index (χ4n) is 1.71. The number of ether oxygens (including phenoxy) is 2. The second kappa shape index (κ2) is 8.38. The molecule has 0 radical (unpaired) electrons. The average molecular weight is 323 g/mol. The number of carbonyl (C=O) groups excluding carboxylic acids is 2. The molecule has 1 aromatic carbocycles. The zero-order chi connectivity index (χ0) is 17.5. The minimum Gasteiger partial charge on any atom is -0.491 e. The Hall–Kier alpha value is -2.28. The molecule has 0 saturated carbocycles. The van der Waals surface area contributed by atoms with Crippen LogP contribution in [0.4, 0.5) is 4.79 Å². The Morgan fingerprint density at radius 1 is 1.22 bits per heavy atom. The lowest BCUT2D eigenvalue weighted by Crippen LogP contribution is -2.40. The first-order valence-corrected chi connectivity index (χ1v) is 7.40. The Morgan fingerprint density at radius 2 is 1.83 bits per heavy atom. The van der Waals surface area contributed by atoms with Crippen molar-refractivity contribution in [2.75, 3.05) is 6.61 Å². The third-order valence-electron chi connectivity index (χ3n) is 2.71. The monoisotopic (exact) mass is 323 g/mol. The van der Waals surface area contributed by atoms with E-state index in [4.69, 9.17) is 15.3 Å². The van der Waals surface area contributed by atoms with Gasteiger partial charge in [0, 0.05) is 0 Å². The number of amides is 2. The third-order valence-corrected chi connectivity index (χ3v) is 2.71. The molecule has 2 amide bonds. The predicted octanol–water partition coefficient (Wildman–Crippen LogP) is 1.51. The van der Waals surface area contributed by atoms with E-state index in [0.29, 0.717) is 12.4 Å². The summed E-state index contributed by atoms with van der Waals surface area (Å²) in [4.78, 5) is 22.8. The van der Waals surface area contributed by atoms with Crippen molar-refractivity contribution in [1.29, 1.82) is 0 Å². The van der Waals surface area contributed by atoms with Crippen LogP contribution in [-0.4, -0.2) is 30.3 Å². The summed E-state index contributed by atoms with van der Waals surface area (Å²) in [5, 5.41) is 2.70. The molecule has 0 aliphatic rings. The summed E-state index contributed by atoms with van der Waals surface area (Å²) in [5.74, 6) is 5.44. The molecule has 0 fully saturated rings. The van der Waals surface area contributed by atoms with Crippen molar-refractivity contribution in [3.05, 3.63) is 29.8 Å². The highest BCUT2D eigenvalue weighted by Crippen LogP contribution is 2.13. The van der Waals surface area contributed by atoms with E-state index in [9.17, 15) is 9.59 Å². The number of nitrogens with one attached hydrogen (secondary N) is 2. The summed E-state index contributed by atoms with van der Waals surface area (Å²) in [5.41, 5.74) is 2.38. The van der Waals surface area contributed by atoms with Crippen LogP contribution in [0, 0.1) is 0 Å². The molecular formula is C16H25N3O4. The SMILES string of the molecule is C[C@@H](COc1ccc(CC(=O)NN)cc1)NC(=O)OC(C)(C)C. The molecule has 1 atom stereocenters. The fraction of sp³-hybridized carbons (Fsp3) is 0.500. The topological polar surface area (TPSA) is 103 Å². The molecule has 23 heavy (non-hydrogen) atoms. The van der Waals surface area contributed by atoms with Gasteiger partial charge in [0.2, 0.25) is 5.91 Å². The minimum atomic E-state index is -0.531. The van der Waals surface area contributed by atoms with E-state index in [1.54, 1.807) is 45.0 Å². The lowest BCUT2D eigenvalue weighted by molar-refractivity contribution is -0.120. The van der Waals surface area contributed by atoms with Gasteiger partial charge in [-0.05, 0) is 45.4 Å². The van der Waals surface area contributed by atoms with E-state index in [-0.39, 0.29) is 18.4 Å². The summed E-state index contributed by atoms with van der Waals surface area (Å²) in [6, 6.07) is 6.90. The number of nitrogens with two attached hydrogens (primary N) is 1. The Labute approximate surface area is 136 Å². The lowest BCUT2D eigenvalue weighted by atomic mass is 10.1. The molecule has 0 unspecified atom stereocenters. The second-order valence-electron chi connectivity index (χ2n) is 6.25. The molecular weight excluding hydrogens is 298 g/mol. The van der Waals surface area contributed by atoms with Crippen LogP contribution in [0.5, 0.6) is 5.75 Å². The van der Waals surface area contributed by atoms with Crippen molar-refractivity contribution in [2.24, 2.45) is 5.84 Å². The fourth-order valence-corrected chi connectivity index (χ4v) is 1.71. The molecule has 0 aromatic heterocycles. The van der Waals surface area contributed by atoms with Gasteiger partial charge in [0.15, 0.2) is 0 Å². The molecule has 4 N–H and O–H groups in total. The van der Waals surface area contributed by atoms with Crippen molar-refractivity contribution in [1.82, 2.24) is 10.7 Å². The number of rotatable bonds is 6. The highest BCUT2D eigenvalue weighted by molar-refractivity contribution is 5.77. The van der Waals surface area contributed by atoms with Crippen LogP contribution >= 0.6 is 0 Å². The van der Waals surface area contributed by atoms with Crippen molar-refractivity contribution >= 4 is 12.0 Å². The van der Waals surface area contributed by atoms with Crippen LogP contribution in [0.15, 0.2) is 24.3 Å². The maximum absolute atomic E-state index is 11.6. The Bertz CT molecular complexity index is 523. The normalized spacial score (nSPS) is 12.2. The number of carbonyl (C=O) groups is 2. The standard InChI is InChI=1S/C16H25N3O4/c1-11(18-15(21)23-16(2,3)4)10-22-13-7-5-12(6-8-13)9-14(20)19-17/h5-8,11H,9-10,17H2,1-4H3,(H,18,21)(H,19,20)/t11-/m0/s1. The van der Waals surface area contributed by atoms with E-state index >= 15 is 0 Å². The number of alkyl carbamates (subject to hydrolysis) is 1. The van der Waals surface area contributed by atoms with Gasteiger partial charge in [-0.3, -0.25) is 10.2 Å². The van der Waals surface area contributed by atoms with Crippen LogP contribution in [0.2, 0.25) is 0 Å². The van der Waals surface area contributed by atoms with Crippen LogP contribution in [0.3, 0.4) is 0 Å². The van der Waals surface area contributed by atoms with Gasteiger partial charge in [-0.25, -0.2) is 10.6 Å². The van der Waals surface area contributed by atoms with Gasteiger partial charge in [-0.2, -0.15) is 0 Å². The molecule has 0 aliphatic carbocycles. The van der Waals surface area contributed by atoms with Crippen molar-refractivity contribution in [3.63, 3.8) is 0 Å². The summed E-state index contributed by atoms with van der Waals surface area (Å²) in [6.45, 7) is 7.55. The Balaban J connectivity index is 2.39. The van der Waals surface area contributed by atoms with E-state index < -0.39 is 11.7 Å². The van der Waals surface area contributed by atoms with Gasteiger partial charge >= 0.3 is 6.09 Å². The summed E-state index contributed by atoms with van der Waals surface area (Å²) in [6.07, 6.45) is -0.260. The highest BCUT2D eigenvalue weighted by Gasteiger charge is 2.17. The van der Waals surface area contributed by atoms with Gasteiger partial charge in [0.1, 0.15) is 18.0 Å². The second-order valence-corrected chi connectivity index (χ2v) is 6.25. The molecule has 0 bridgehead atoms. The summed E-state index contributed by atoms with van der Waals surface area (Å²) >= 11 is 0. The highest BCUT2D eigenvalue weighted by atomic mass is 16.6. The van der Waals surface area contributed by atoms with Gasteiger partial charge in [-0.15, -0.1) is 0 Å². The van der Waals surface area contributed by atoms with E-state index in [2.05, 4.69) is 10.7 Å². The van der Waals surface area contributed by atoms with E-state index in [1.165, 1.54) is 0 Å². The molecule has 128 valence electrons. The van der Waals surface area contributed by atoms with Crippen LogP contribution in [-0.2, 0) is 16.0 Å². The molecule has 0 heterocycles. The van der Waals surface area contributed by atoms with Crippen molar-refractivity contribution < 1.29 is 19.1 Å². The van der Waals surface area contributed by atoms with E-state index in [0.717, 1.165) is 5.56 Å². The zero-order valence-corrected chi connectivity index (χ0v) is 14.0. The van der Waals surface area contributed by atoms with Crippen LogP contribution in [0.1, 0.15) is 33.3 Å². The first-order valence-electron chi connectivity index (χ1n) is 7.40. The van der Waals surface area contributed by atoms with Crippen LogP contribution < -0.4 is 21.3 Å². The molecule has 1 rings (SSSR count). The van der Waals surface area contributed by atoms with Gasteiger partial charge in [-0.1, -0.05) is 12.1 Å². The average Bonchev–Trinajstić information content (AvgIpc) is 2.44. The Morgan fingerprint density at radius 3 is 2.35 bits per heavy atom. The summed E-state index contributed by atoms with van der Waals surface area (Å²) in [7, 11) is 0. The van der Waals surface area contributed by atoms with Gasteiger partial charge in [0.05, 0.1) is 12.5 Å². The van der Waals surface area contributed by atoms with Crippen molar-refractivity contribution in [3.8, 4) is 5.75 Å². The van der Waals surface area contributed by atoms with Gasteiger partial charge < -0.3 is 14.8 Å². The number of hydrazine groups is 1. The largest absolute Gasteiger partial charge is 0.491 e. The molecule has 0 aliphatic heterocycles. The van der Waals surface area contributed by atoms with E-state index in [1.807, 2.05) is 6.92 Å². The number of benzene rings is 1. The third kappa shape index (κ3) is 8.06. The van der Waals surface area contributed by atoms with Crippen molar-refractivity contribution in [2.45, 2.75) is 45.8 Å². The number of hydrogen-bond acceptors (Lipinski definition) is 5. The molecule has 7 heteroatoms. The first-order chi connectivity index (χ1) is 10.7. The molecule has 0 saturated heterocycles. The lowest BCUT2D eigenvalue weighted by Gasteiger charge is -2.22. The van der Waals surface area contributed by atoms with Gasteiger partial charge in [0.25, 0.3) is 0 Å². The maximum atomic E-state index is 11.6. The smallest absolute Gasteiger partial charge is 0.407 e. The minimum absolute atomic E-state index is 0.201. The zero-order valence-electron chi connectivity index (χ0n) is 14.0. The maximum Gasteiger partial charge on any atom is 0.407 e. The molecule has 7 nitrogen and oxygen atoms in total. The molecule has 0 spiro atoms. The molecule has 1 aromatic rings.